The maximum Gasteiger partial charge on any atom is 0.340 e. The summed E-state index contributed by atoms with van der Waals surface area (Å²) in [5.74, 6) is -1.20. The monoisotopic (exact) mass is 824 g/mol. The van der Waals surface area contributed by atoms with Crippen LogP contribution >= 0.6 is 0 Å². The first-order chi connectivity index (χ1) is 28.2. The number of imidazole rings is 2. The molecule has 2 aromatic heterocycles. The number of aromatic nitrogens is 4. The number of rotatable bonds is 16. The fourth-order valence-corrected chi connectivity index (χ4v) is 4.17. The Morgan fingerprint density at radius 1 is 0.780 bits per heavy atom. The van der Waals surface area contributed by atoms with Gasteiger partial charge in [-0.25, -0.2) is 23.5 Å². The number of ether oxygens (including phenoxy) is 4. The quantitative estimate of drug-likeness (QED) is 0.0408. The van der Waals surface area contributed by atoms with Gasteiger partial charge in [-0.1, -0.05) is 0 Å². The van der Waals surface area contributed by atoms with Crippen LogP contribution in [0, 0.1) is 11.6 Å². The predicted molar refractivity (Wildman–Crippen MR) is 220 cm³/mol. The second-order valence-corrected chi connectivity index (χ2v) is 11.5. The Bertz CT molecular complexity index is 1980. The Morgan fingerprint density at radius 2 is 1.27 bits per heavy atom. The van der Waals surface area contributed by atoms with E-state index in [9.17, 15) is 28.0 Å². The summed E-state index contributed by atoms with van der Waals surface area (Å²) in [5.41, 5.74) is 23.0. The number of carbonyl (C=O) groups excluding carboxylic acids is 4. The molecular weight excluding hydrogens is 774 g/mol. The van der Waals surface area contributed by atoms with Crippen molar-refractivity contribution in [2.75, 3.05) is 52.7 Å². The molecule has 2 heterocycles. The molecule has 4 rings (SSSR count). The van der Waals surface area contributed by atoms with E-state index in [1.165, 1.54) is 43.5 Å². The lowest BCUT2D eigenvalue weighted by Gasteiger charge is -2.18. The number of esters is 1. The molecule has 0 saturated heterocycles. The molecule has 4 aromatic rings. The smallest absolute Gasteiger partial charge is 0.340 e. The number of halogens is 2. The van der Waals surface area contributed by atoms with Crippen LogP contribution in [0.2, 0.25) is 0 Å². The average Bonchev–Trinajstić information content (AvgIpc) is 3.99. The van der Waals surface area contributed by atoms with Gasteiger partial charge in [-0.3, -0.25) is 23.5 Å². The molecular formula is C39H50F2N10O8. The third-order valence-electron chi connectivity index (χ3n) is 7.13. The predicted octanol–water partition coefficient (Wildman–Crippen LogP) is 3.51. The van der Waals surface area contributed by atoms with Crippen molar-refractivity contribution >= 4 is 47.8 Å². The van der Waals surface area contributed by atoms with E-state index in [-0.39, 0.29) is 40.6 Å². The van der Waals surface area contributed by atoms with E-state index < -0.39 is 23.7 Å². The normalized spacial score (nSPS) is 11.8. The van der Waals surface area contributed by atoms with Crippen LogP contribution in [0.15, 0.2) is 97.4 Å². The zero-order valence-corrected chi connectivity index (χ0v) is 33.4. The maximum atomic E-state index is 14.3. The molecule has 0 radical (unpaired) electrons. The van der Waals surface area contributed by atoms with Gasteiger partial charge in [0.1, 0.15) is 24.3 Å². The Kier molecular flexibility index (Phi) is 22.8. The number of nitrogens with zero attached hydrogens (tertiary/aromatic N) is 4. The number of aldehydes is 3. The average molecular weight is 825 g/mol. The second-order valence-electron chi connectivity index (χ2n) is 11.5. The van der Waals surface area contributed by atoms with E-state index in [0.29, 0.717) is 48.3 Å². The highest BCUT2D eigenvalue weighted by molar-refractivity contribution is 5.96. The van der Waals surface area contributed by atoms with E-state index in [0.717, 1.165) is 12.1 Å². The van der Waals surface area contributed by atoms with Gasteiger partial charge in [-0.05, 0) is 43.4 Å². The number of allylic oxidation sites excluding steroid dienone is 6. The van der Waals surface area contributed by atoms with Gasteiger partial charge in [0.15, 0.2) is 42.0 Å². The van der Waals surface area contributed by atoms with Gasteiger partial charge in [-0.2, -0.15) is 0 Å². The first-order valence-electron chi connectivity index (χ1n) is 17.2. The van der Waals surface area contributed by atoms with Gasteiger partial charge >= 0.3 is 5.97 Å². The third-order valence-corrected chi connectivity index (χ3v) is 7.13. The van der Waals surface area contributed by atoms with Crippen LogP contribution in [0.4, 0.5) is 20.2 Å². The Balaban J connectivity index is 0.000000493. The van der Waals surface area contributed by atoms with Crippen molar-refractivity contribution in [3.8, 4) is 11.5 Å². The van der Waals surface area contributed by atoms with Gasteiger partial charge in [0, 0.05) is 82.9 Å². The number of methoxy groups -OCH3 is 2. The van der Waals surface area contributed by atoms with Crippen LogP contribution in [0.3, 0.4) is 0 Å². The van der Waals surface area contributed by atoms with Crippen molar-refractivity contribution in [1.82, 2.24) is 19.1 Å². The van der Waals surface area contributed by atoms with Crippen LogP contribution in [0.25, 0.3) is 11.6 Å². The van der Waals surface area contributed by atoms with Gasteiger partial charge in [0.2, 0.25) is 0 Å². The standard InChI is InChI=1S/C21H24F2N2O5.2C8H10N4O.C2H6O/c1-12(5-6-29-19-9-17(24-2)13(11-26)7-15(19)22)30-20-10-18(25-3)14(8-16(20)23)21(27)28-4;2*9-7(5-13)1-2-8(10)12-4-3-11-6-12;1-3-2/h7-12,24-25H,5-6H2,1-4H3;2*1-6H,9-10H2;1-2H3/b;2*7-1-,8-2+;. The van der Waals surface area contributed by atoms with Crippen LogP contribution in [-0.2, 0) is 19.1 Å². The Hall–Kier alpha value is -7.48. The fraction of sp³-hybridized carbons (Fsp3) is 0.231. The number of nitrogens with two attached hydrogens (primary N) is 4. The highest BCUT2D eigenvalue weighted by Gasteiger charge is 2.18. The van der Waals surface area contributed by atoms with Gasteiger partial charge in [0.05, 0.1) is 42.5 Å². The first-order valence-corrected chi connectivity index (χ1v) is 17.2. The molecule has 0 aliphatic carbocycles. The van der Waals surface area contributed by atoms with E-state index >= 15 is 0 Å². The number of carbonyl (C=O) groups is 4. The van der Waals surface area contributed by atoms with E-state index in [1.807, 2.05) is 0 Å². The van der Waals surface area contributed by atoms with Gasteiger partial charge in [-0.15, -0.1) is 0 Å². The summed E-state index contributed by atoms with van der Waals surface area (Å²) in [4.78, 5) is 50.5. The second kappa shape index (κ2) is 27.2. The van der Waals surface area contributed by atoms with Crippen molar-refractivity contribution < 1.29 is 46.9 Å². The topological polar surface area (TPSA) is 269 Å². The molecule has 18 nitrogen and oxygen atoms in total. The summed E-state index contributed by atoms with van der Waals surface area (Å²) in [6.07, 6.45) is 17.2. The number of nitrogens with one attached hydrogen (secondary N) is 2. The largest absolute Gasteiger partial charge is 0.490 e. The molecule has 0 bridgehead atoms. The molecule has 59 heavy (non-hydrogen) atoms. The summed E-state index contributed by atoms with van der Waals surface area (Å²) in [5, 5.41) is 5.59. The third kappa shape index (κ3) is 17.5. The molecule has 0 spiro atoms. The van der Waals surface area contributed by atoms with E-state index in [4.69, 9.17) is 32.4 Å². The highest BCUT2D eigenvalue weighted by atomic mass is 19.1. The number of benzene rings is 2. The number of hydrogen-bond donors (Lipinski definition) is 6. The van der Waals surface area contributed by atoms with Crippen molar-refractivity contribution in [1.29, 1.82) is 0 Å². The van der Waals surface area contributed by atoms with Gasteiger partial charge < -0.3 is 52.5 Å². The van der Waals surface area contributed by atoms with Crippen LogP contribution < -0.4 is 43.0 Å². The van der Waals surface area contributed by atoms with Crippen LogP contribution in [-0.4, -0.2) is 92.1 Å². The lowest BCUT2D eigenvalue weighted by atomic mass is 10.1. The highest BCUT2D eigenvalue weighted by Crippen LogP contribution is 2.29. The molecule has 10 N–H and O–H groups in total. The SMILES string of the molecule is CNc1cc(OCCC(C)Oc2cc(NC)c(C(=O)OC)cc2F)c(F)cc1C=O.COC.N/C(C=O)=C\C=C(/N)n1ccnc1.N/C(C=O)=C\C=C(/N)n1ccnc1. The molecule has 0 fully saturated rings. The van der Waals surface area contributed by atoms with E-state index in [2.05, 4.69) is 30.1 Å². The van der Waals surface area contributed by atoms with Crippen molar-refractivity contribution in [3.63, 3.8) is 0 Å². The minimum absolute atomic E-state index is 0.0109. The Morgan fingerprint density at radius 3 is 1.69 bits per heavy atom. The van der Waals surface area contributed by atoms with Crippen molar-refractivity contribution in [2.24, 2.45) is 22.9 Å². The van der Waals surface area contributed by atoms with Gasteiger partial charge in [0.25, 0.3) is 0 Å². The molecule has 2 aromatic carbocycles. The van der Waals surface area contributed by atoms with Crippen LogP contribution in [0.1, 0.15) is 34.1 Å². The summed E-state index contributed by atoms with van der Waals surface area (Å²) in [7, 11) is 7.66. The Labute approximate surface area is 340 Å². The lowest BCUT2D eigenvalue weighted by molar-refractivity contribution is -0.105. The fourth-order valence-electron chi connectivity index (χ4n) is 4.17. The molecule has 0 saturated carbocycles. The number of hydrogen-bond acceptors (Lipinski definition) is 16. The molecule has 1 atom stereocenters. The van der Waals surface area contributed by atoms with Crippen molar-refractivity contribution in [3.05, 3.63) is 120 Å². The molecule has 0 aliphatic heterocycles. The molecule has 20 heteroatoms. The summed E-state index contributed by atoms with van der Waals surface area (Å²) in [6.45, 7) is 1.81. The summed E-state index contributed by atoms with van der Waals surface area (Å²) < 4.78 is 51.5. The zero-order valence-electron chi connectivity index (χ0n) is 33.4. The molecule has 0 aliphatic rings. The minimum atomic E-state index is -0.712. The zero-order chi connectivity index (χ0) is 44.3. The van der Waals surface area contributed by atoms with Crippen LogP contribution in [0.5, 0.6) is 11.5 Å². The number of anilines is 2. The molecule has 1 unspecified atom stereocenters. The van der Waals surface area contributed by atoms with Crippen molar-refractivity contribution in [2.45, 2.75) is 19.4 Å². The maximum absolute atomic E-state index is 14.3. The minimum Gasteiger partial charge on any atom is -0.490 e. The summed E-state index contributed by atoms with van der Waals surface area (Å²) in [6, 6.07) is 4.90. The molecule has 0 amide bonds. The first kappa shape index (κ1) is 49.5. The lowest BCUT2D eigenvalue weighted by Crippen LogP contribution is -2.17. The molecule has 318 valence electrons. The van der Waals surface area contributed by atoms with E-state index in [1.54, 1.807) is 81.8 Å². The summed E-state index contributed by atoms with van der Waals surface area (Å²) >= 11 is 0.